The standard InChI is InChI=1S/C19H22F2N2O/c1-19(2,3)17(15-9-8-14(20)10-16(15)21)23-18(24)13-6-4-12(11-22)5-7-13/h4-10,17H,11,22H2,1-3H3,(H,23,24). The molecule has 0 aromatic heterocycles. The number of amides is 1. The second-order valence-electron chi connectivity index (χ2n) is 6.84. The van der Waals surface area contributed by atoms with E-state index in [9.17, 15) is 13.6 Å². The van der Waals surface area contributed by atoms with Crippen molar-refractivity contribution in [3.63, 3.8) is 0 Å². The molecule has 3 N–H and O–H groups in total. The van der Waals surface area contributed by atoms with Crippen molar-refractivity contribution in [2.75, 3.05) is 0 Å². The van der Waals surface area contributed by atoms with Crippen LogP contribution in [0.5, 0.6) is 0 Å². The molecule has 2 aromatic rings. The molecule has 0 aliphatic heterocycles. The number of hydrogen-bond acceptors (Lipinski definition) is 2. The highest BCUT2D eigenvalue weighted by atomic mass is 19.1. The molecular weight excluding hydrogens is 310 g/mol. The summed E-state index contributed by atoms with van der Waals surface area (Å²) in [5.41, 5.74) is 6.73. The molecule has 0 aliphatic carbocycles. The van der Waals surface area contributed by atoms with Gasteiger partial charge in [0.25, 0.3) is 5.91 Å². The van der Waals surface area contributed by atoms with Crippen LogP contribution in [-0.4, -0.2) is 5.91 Å². The van der Waals surface area contributed by atoms with Crippen LogP contribution in [0.3, 0.4) is 0 Å². The first-order chi connectivity index (χ1) is 11.2. The Kier molecular flexibility index (Phi) is 5.34. The Morgan fingerprint density at radius 3 is 2.25 bits per heavy atom. The normalized spacial score (nSPS) is 12.8. The van der Waals surface area contributed by atoms with Gasteiger partial charge in [-0.15, -0.1) is 0 Å². The van der Waals surface area contributed by atoms with Crippen LogP contribution in [0.4, 0.5) is 8.78 Å². The van der Waals surface area contributed by atoms with Crippen molar-refractivity contribution in [2.45, 2.75) is 33.4 Å². The second kappa shape index (κ2) is 7.09. The van der Waals surface area contributed by atoms with Gasteiger partial charge in [0.15, 0.2) is 0 Å². The summed E-state index contributed by atoms with van der Waals surface area (Å²) in [4.78, 5) is 12.5. The van der Waals surface area contributed by atoms with Gasteiger partial charge in [-0.05, 0) is 29.2 Å². The number of carbonyl (C=O) groups excluding carboxylic acids is 1. The summed E-state index contributed by atoms with van der Waals surface area (Å²) < 4.78 is 27.3. The maximum Gasteiger partial charge on any atom is 0.251 e. The van der Waals surface area contributed by atoms with Crippen LogP contribution in [0.1, 0.15) is 48.3 Å². The van der Waals surface area contributed by atoms with Crippen molar-refractivity contribution >= 4 is 5.91 Å². The summed E-state index contributed by atoms with van der Waals surface area (Å²) in [6.07, 6.45) is 0. The Hall–Kier alpha value is -2.27. The average molecular weight is 332 g/mol. The Balaban J connectivity index is 2.30. The van der Waals surface area contributed by atoms with Crippen LogP contribution in [0.2, 0.25) is 0 Å². The maximum atomic E-state index is 14.2. The molecule has 128 valence electrons. The first-order valence-electron chi connectivity index (χ1n) is 7.77. The van der Waals surface area contributed by atoms with E-state index in [0.29, 0.717) is 12.1 Å². The average Bonchev–Trinajstić information content (AvgIpc) is 2.52. The molecule has 0 bridgehead atoms. The van der Waals surface area contributed by atoms with Crippen LogP contribution in [0.15, 0.2) is 42.5 Å². The number of nitrogens with one attached hydrogen (secondary N) is 1. The monoisotopic (exact) mass is 332 g/mol. The molecule has 1 amide bonds. The van der Waals surface area contributed by atoms with Crippen molar-refractivity contribution in [1.29, 1.82) is 0 Å². The Morgan fingerprint density at radius 1 is 1.12 bits per heavy atom. The van der Waals surface area contributed by atoms with Crippen molar-refractivity contribution in [2.24, 2.45) is 11.1 Å². The molecule has 3 nitrogen and oxygen atoms in total. The van der Waals surface area contributed by atoms with E-state index in [0.717, 1.165) is 11.6 Å². The third-order valence-corrected chi connectivity index (χ3v) is 3.87. The fraction of sp³-hybridized carbons (Fsp3) is 0.316. The minimum Gasteiger partial charge on any atom is -0.345 e. The molecule has 1 unspecified atom stereocenters. The molecule has 0 radical (unpaired) electrons. The molecule has 2 aromatic carbocycles. The third-order valence-electron chi connectivity index (χ3n) is 3.87. The minimum absolute atomic E-state index is 0.260. The summed E-state index contributed by atoms with van der Waals surface area (Å²) in [7, 11) is 0. The summed E-state index contributed by atoms with van der Waals surface area (Å²) >= 11 is 0. The van der Waals surface area contributed by atoms with Crippen LogP contribution in [0.25, 0.3) is 0 Å². The number of halogens is 2. The van der Waals surface area contributed by atoms with Crippen LogP contribution in [0, 0.1) is 17.0 Å². The number of rotatable bonds is 4. The van der Waals surface area contributed by atoms with Crippen LogP contribution in [-0.2, 0) is 6.54 Å². The lowest BCUT2D eigenvalue weighted by Crippen LogP contribution is -2.37. The first kappa shape index (κ1) is 18.1. The van der Waals surface area contributed by atoms with Crippen molar-refractivity contribution in [1.82, 2.24) is 5.32 Å². The number of hydrogen-bond donors (Lipinski definition) is 2. The van der Waals surface area contributed by atoms with Gasteiger partial charge in [-0.3, -0.25) is 4.79 Å². The SMILES string of the molecule is CC(C)(C)C(NC(=O)c1ccc(CN)cc1)c1ccc(F)cc1F. The number of carbonyl (C=O) groups is 1. The Morgan fingerprint density at radius 2 is 1.75 bits per heavy atom. The molecule has 0 aliphatic rings. The molecule has 5 heteroatoms. The lowest BCUT2D eigenvalue weighted by molar-refractivity contribution is 0.0900. The van der Waals surface area contributed by atoms with Gasteiger partial charge in [0.05, 0.1) is 6.04 Å². The predicted octanol–water partition coefficient (Wildman–Crippen LogP) is 3.94. The van der Waals surface area contributed by atoms with E-state index in [2.05, 4.69) is 5.32 Å². The fourth-order valence-electron chi connectivity index (χ4n) is 2.50. The predicted molar refractivity (Wildman–Crippen MR) is 90.4 cm³/mol. The van der Waals surface area contributed by atoms with E-state index in [1.165, 1.54) is 12.1 Å². The molecule has 0 heterocycles. The molecule has 2 rings (SSSR count). The highest BCUT2D eigenvalue weighted by molar-refractivity contribution is 5.94. The molecular formula is C19H22F2N2O. The van der Waals surface area contributed by atoms with E-state index < -0.39 is 23.1 Å². The van der Waals surface area contributed by atoms with Crippen molar-refractivity contribution < 1.29 is 13.6 Å². The Labute approximate surface area is 140 Å². The van der Waals surface area contributed by atoms with Gasteiger partial charge in [-0.1, -0.05) is 39.0 Å². The van der Waals surface area contributed by atoms with Crippen molar-refractivity contribution in [3.05, 3.63) is 70.8 Å². The summed E-state index contributed by atoms with van der Waals surface area (Å²) in [6, 6.07) is 9.71. The van der Waals surface area contributed by atoms with Gasteiger partial charge < -0.3 is 11.1 Å². The van der Waals surface area contributed by atoms with Gasteiger partial charge in [0.2, 0.25) is 0 Å². The van der Waals surface area contributed by atoms with Crippen molar-refractivity contribution in [3.8, 4) is 0 Å². The minimum atomic E-state index is -0.672. The maximum absolute atomic E-state index is 14.2. The van der Waals surface area contributed by atoms with Crippen LogP contribution >= 0.6 is 0 Å². The van der Waals surface area contributed by atoms with Crippen LogP contribution < -0.4 is 11.1 Å². The quantitative estimate of drug-likeness (QED) is 0.891. The van der Waals surface area contributed by atoms with E-state index >= 15 is 0 Å². The smallest absolute Gasteiger partial charge is 0.251 e. The zero-order valence-corrected chi connectivity index (χ0v) is 14.1. The molecule has 24 heavy (non-hydrogen) atoms. The molecule has 0 saturated carbocycles. The molecule has 0 saturated heterocycles. The van der Waals surface area contributed by atoms with E-state index in [4.69, 9.17) is 5.73 Å². The summed E-state index contributed by atoms with van der Waals surface area (Å²) in [5.74, 6) is -1.64. The zero-order chi connectivity index (χ0) is 17.9. The van der Waals surface area contributed by atoms with Gasteiger partial charge in [-0.25, -0.2) is 8.78 Å². The third kappa shape index (κ3) is 4.17. The first-order valence-corrected chi connectivity index (χ1v) is 7.77. The highest BCUT2D eigenvalue weighted by Crippen LogP contribution is 2.34. The topological polar surface area (TPSA) is 55.1 Å². The summed E-state index contributed by atoms with van der Waals surface area (Å²) in [5, 5.41) is 2.85. The Bertz CT molecular complexity index is 721. The van der Waals surface area contributed by atoms with E-state index in [-0.39, 0.29) is 11.5 Å². The summed E-state index contributed by atoms with van der Waals surface area (Å²) in [6.45, 7) is 6.06. The zero-order valence-electron chi connectivity index (χ0n) is 14.1. The van der Waals surface area contributed by atoms with Gasteiger partial charge in [-0.2, -0.15) is 0 Å². The second-order valence-corrected chi connectivity index (χ2v) is 6.84. The van der Waals surface area contributed by atoms with E-state index in [1.807, 2.05) is 20.8 Å². The number of nitrogens with two attached hydrogens (primary N) is 1. The lowest BCUT2D eigenvalue weighted by atomic mass is 9.82. The number of benzene rings is 2. The largest absolute Gasteiger partial charge is 0.345 e. The lowest BCUT2D eigenvalue weighted by Gasteiger charge is -2.32. The highest BCUT2D eigenvalue weighted by Gasteiger charge is 2.30. The van der Waals surface area contributed by atoms with Gasteiger partial charge in [0.1, 0.15) is 11.6 Å². The molecule has 1 atom stereocenters. The fourth-order valence-corrected chi connectivity index (χ4v) is 2.50. The van der Waals surface area contributed by atoms with Gasteiger partial charge >= 0.3 is 0 Å². The molecule has 0 fully saturated rings. The van der Waals surface area contributed by atoms with E-state index in [1.54, 1.807) is 24.3 Å². The molecule has 0 spiro atoms. The van der Waals surface area contributed by atoms with Gasteiger partial charge in [0, 0.05) is 23.7 Å².